The fourth-order valence-corrected chi connectivity index (χ4v) is 4.54. The van der Waals surface area contributed by atoms with Gasteiger partial charge >= 0.3 is 5.97 Å². The Hall–Kier alpha value is -1.23. The lowest BCUT2D eigenvalue weighted by molar-refractivity contribution is 0.0521. The zero-order chi connectivity index (χ0) is 16.3. The minimum Gasteiger partial charge on any atom is -0.462 e. The molecule has 1 N–H and O–H groups in total. The Morgan fingerprint density at radius 2 is 2.23 bits per heavy atom. The molecule has 0 fully saturated rings. The van der Waals surface area contributed by atoms with E-state index in [9.17, 15) is 13.2 Å². The van der Waals surface area contributed by atoms with Crippen LogP contribution in [0.25, 0.3) is 0 Å². The van der Waals surface area contributed by atoms with Crippen LogP contribution in [0, 0.1) is 0 Å². The number of halogens is 1. The number of esters is 1. The molecule has 0 atom stereocenters. The molecule has 7 nitrogen and oxygen atoms in total. The first-order valence-corrected chi connectivity index (χ1v) is 9.32. The summed E-state index contributed by atoms with van der Waals surface area (Å²) in [5.74, 6) is -0.720. The van der Waals surface area contributed by atoms with Gasteiger partial charge in [-0.1, -0.05) is 0 Å². The third-order valence-corrected chi connectivity index (χ3v) is 6.16. The zero-order valence-corrected chi connectivity index (χ0v) is 15.1. The number of nitrogens with zero attached hydrogens (tertiary/aromatic N) is 2. The molecule has 0 amide bonds. The maximum absolute atomic E-state index is 12.6. The van der Waals surface area contributed by atoms with Crippen LogP contribution in [0.1, 0.15) is 22.2 Å². The van der Waals surface area contributed by atoms with Crippen LogP contribution < -0.4 is 0 Å². The molecule has 2 heterocycles. The highest BCUT2D eigenvalue weighted by Crippen LogP contribution is 2.25. The predicted molar refractivity (Wildman–Crippen MR) is 85.2 cm³/mol. The number of aromatic amines is 1. The molecule has 0 aliphatic heterocycles. The van der Waals surface area contributed by atoms with Crippen LogP contribution in [0.5, 0.6) is 0 Å². The maximum Gasteiger partial charge on any atom is 0.342 e. The highest BCUT2D eigenvalue weighted by molar-refractivity contribution is 9.11. The third-order valence-electron chi connectivity index (χ3n) is 2.78. The Morgan fingerprint density at radius 3 is 2.82 bits per heavy atom. The van der Waals surface area contributed by atoms with E-state index in [1.54, 1.807) is 6.92 Å². The number of H-pyrrole nitrogens is 1. The van der Waals surface area contributed by atoms with Gasteiger partial charge in [0.25, 0.3) is 10.0 Å². The highest BCUT2D eigenvalue weighted by atomic mass is 79.9. The normalized spacial score (nSPS) is 11.8. The Kier molecular flexibility index (Phi) is 5.37. The Bertz CT molecular complexity index is 769. The quantitative estimate of drug-likeness (QED) is 0.741. The Balaban J connectivity index is 2.26. The first-order valence-electron chi connectivity index (χ1n) is 6.27. The molecule has 0 aliphatic carbocycles. The number of hydrogen-bond acceptors (Lipinski definition) is 6. The first-order chi connectivity index (χ1) is 10.4. The van der Waals surface area contributed by atoms with Gasteiger partial charge in [0.1, 0.15) is 5.56 Å². The van der Waals surface area contributed by atoms with Crippen molar-refractivity contribution in [3.05, 3.63) is 32.6 Å². The topological polar surface area (TPSA) is 92.4 Å². The fourth-order valence-electron chi connectivity index (χ4n) is 1.72. The number of nitrogens with one attached hydrogen (secondary N) is 1. The van der Waals surface area contributed by atoms with E-state index < -0.39 is 16.0 Å². The molecule has 0 aliphatic rings. The summed E-state index contributed by atoms with van der Waals surface area (Å²) in [5, 5.41) is 5.76. The molecular formula is C12H14BrN3O4S2. The van der Waals surface area contributed by atoms with Crippen LogP contribution in [0.2, 0.25) is 0 Å². The van der Waals surface area contributed by atoms with Gasteiger partial charge in [-0.15, -0.1) is 11.3 Å². The lowest BCUT2D eigenvalue weighted by atomic mass is 10.4. The molecule has 0 unspecified atom stereocenters. The van der Waals surface area contributed by atoms with E-state index in [4.69, 9.17) is 4.74 Å². The second kappa shape index (κ2) is 6.90. The summed E-state index contributed by atoms with van der Waals surface area (Å²) in [6, 6.07) is 3.68. The van der Waals surface area contributed by atoms with E-state index >= 15 is 0 Å². The molecular weight excluding hydrogens is 394 g/mol. The summed E-state index contributed by atoms with van der Waals surface area (Å²) in [7, 11) is -2.43. The molecule has 0 spiro atoms. The predicted octanol–water partition coefficient (Wildman–Crippen LogP) is 2.23. The molecule has 0 aromatic carbocycles. The fraction of sp³-hybridized carbons (Fsp3) is 0.333. The molecule has 2 rings (SSSR count). The summed E-state index contributed by atoms with van der Waals surface area (Å²) in [4.78, 5) is 12.7. The van der Waals surface area contributed by atoms with Gasteiger partial charge in [0.15, 0.2) is 5.03 Å². The lowest BCUT2D eigenvalue weighted by Gasteiger charge is -2.15. The van der Waals surface area contributed by atoms with E-state index in [0.717, 1.165) is 19.2 Å². The zero-order valence-electron chi connectivity index (χ0n) is 11.9. The number of thiophene rings is 1. The second-order valence-corrected chi connectivity index (χ2v) is 8.83. The second-order valence-electron chi connectivity index (χ2n) is 4.30. The van der Waals surface area contributed by atoms with Gasteiger partial charge < -0.3 is 4.74 Å². The van der Waals surface area contributed by atoms with Crippen molar-refractivity contribution in [2.75, 3.05) is 13.7 Å². The molecule has 22 heavy (non-hydrogen) atoms. The molecule has 120 valence electrons. The molecule has 0 saturated heterocycles. The monoisotopic (exact) mass is 407 g/mol. The van der Waals surface area contributed by atoms with Gasteiger partial charge in [-0.05, 0) is 35.0 Å². The summed E-state index contributed by atoms with van der Waals surface area (Å²) in [5.41, 5.74) is -0.0962. The number of hydrogen-bond donors (Lipinski definition) is 1. The molecule has 2 aromatic heterocycles. The van der Waals surface area contributed by atoms with Crippen LogP contribution in [-0.4, -0.2) is 42.5 Å². The number of carbonyl (C=O) groups excluding carboxylic acids is 1. The van der Waals surface area contributed by atoms with Crippen molar-refractivity contribution < 1.29 is 17.9 Å². The minimum absolute atomic E-state index is 0.0962. The van der Waals surface area contributed by atoms with Crippen LogP contribution in [0.15, 0.2) is 27.1 Å². The average Bonchev–Trinajstić information content (AvgIpc) is 3.08. The molecule has 0 radical (unpaired) electrons. The average molecular weight is 408 g/mol. The van der Waals surface area contributed by atoms with Gasteiger partial charge in [-0.3, -0.25) is 5.10 Å². The molecule has 0 saturated carbocycles. The van der Waals surface area contributed by atoms with Crippen molar-refractivity contribution >= 4 is 43.3 Å². The van der Waals surface area contributed by atoms with Crippen molar-refractivity contribution in [1.82, 2.24) is 14.5 Å². The third kappa shape index (κ3) is 3.57. The van der Waals surface area contributed by atoms with Crippen molar-refractivity contribution in [1.29, 1.82) is 0 Å². The van der Waals surface area contributed by atoms with Gasteiger partial charge in [0.05, 0.1) is 16.6 Å². The molecule has 0 bridgehead atoms. The number of carbonyl (C=O) groups is 1. The smallest absolute Gasteiger partial charge is 0.342 e. The van der Waals surface area contributed by atoms with Crippen molar-refractivity contribution in [2.24, 2.45) is 0 Å². The van der Waals surface area contributed by atoms with Crippen LogP contribution in [-0.2, 0) is 21.3 Å². The summed E-state index contributed by atoms with van der Waals surface area (Å²) in [6.45, 7) is 2.00. The summed E-state index contributed by atoms with van der Waals surface area (Å²) < 4.78 is 32.1. The maximum atomic E-state index is 12.6. The van der Waals surface area contributed by atoms with Gasteiger partial charge in [-0.25, -0.2) is 13.2 Å². The van der Waals surface area contributed by atoms with E-state index in [1.807, 2.05) is 12.1 Å². The standard InChI is InChI=1S/C12H14BrN3O4S2/c1-3-20-12(17)9-6-14-15-11(9)22(18,19)16(2)7-8-4-5-10(13)21-8/h4-6H,3,7H2,1-2H3,(H,14,15). The first kappa shape index (κ1) is 17.1. The van der Waals surface area contributed by atoms with E-state index in [2.05, 4.69) is 26.1 Å². The van der Waals surface area contributed by atoms with E-state index in [1.165, 1.54) is 18.4 Å². The van der Waals surface area contributed by atoms with Crippen molar-refractivity contribution in [3.63, 3.8) is 0 Å². The lowest BCUT2D eigenvalue weighted by Crippen LogP contribution is -2.28. The Morgan fingerprint density at radius 1 is 1.50 bits per heavy atom. The largest absolute Gasteiger partial charge is 0.462 e. The molecule has 10 heteroatoms. The van der Waals surface area contributed by atoms with Crippen molar-refractivity contribution in [3.8, 4) is 0 Å². The summed E-state index contributed by atoms with van der Waals surface area (Å²) in [6.07, 6.45) is 1.15. The van der Waals surface area contributed by atoms with E-state index in [-0.39, 0.29) is 23.7 Å². The molecule has 2 aromatic rings. The van der Waals surface area contributed by atoms with Crippen LogP contribution in [0.4, 0.5) is 0 Å². The van der Waals surface area contributed by atoms with E-state index in [0.29, 0.717) is 0 Å². The van der Waals surface area contributed by atoms with Gasteiger partial charge in [0, 0.05) is 18.5 Å². The number of aromatic nitrogens is 2. The number of ether oxygens (including phenoxy) is 1. The SMILES string of the molecule is CCOC(=O)c1cn[nH]c1S(=O)(=O)N(C)Cc1ccc(Br)s1. The minimum atomic E-state index is -3.87. The summed E-state index contributed by atoms with van der Waals surface area (Å²) >= 11 is 4.77. The van der Waals surface area contributed by atoms with Crippen LogP contribution >= 0.6 is 27.3 Å². The number of sulfonamides is 1. The highest BCUT2D eigenvalue weighted by Gasteiger charge is 2.29. The Labute approximate surface area is 140 Å². The van der Waals surface area contributed by atoms with Crippen molar-refractivity contribution in [2.45, 2.75) is 18.5 Å². The number of rotatable bonds is 6. The van der Waals surface area contributed by atoms with Gasteiger partial charge in [-0.2, -0.15) is 9.40 Å². The van der Waals surface area contributed by atoms with Crippen LogP contribution in [0.3, 0.4) is 0 Å². The van der Waals surface area contributed by atoms with Gasteiger partial charge in [0.2, 0.25) is 0 Å².